The minimum Gasteiger partial charge on any atom is -0.278 e. The fourth-order valence-electron chi connectivity index (χ4n) is 2.99. The minimum atomic E-state index is -0.445. The molecule has 1 amide bonds. The third-order valence-electron chi connectivity index (χ3n) is 4.67. The number of rotatable bonds is 4. The van der Waals surface area contributed by atoms with Gasteiger partial charge in [0.2, 0.25) is 0 Å². The Kier molecular flexibility index (Phi) is 4.88. The summed E-state index contributed by atoms with van der Waals surface area (Å²) in [5.41, 5.74) is 4.15. The van der Waals surface area contributed by atoms with Gasteiger partial charge in [0.25, 0.3) is 5.91 Å². The van der Waals surface area contributed by atoms with Crippen LogP contribution in [0.1, 0.15) is 27.2 Å². The van der Waals surface area contributed by atoms with Crippen molar-refractivity contribution in [2.75, 3.05) is 4.90 Å². The molecule has 4 nitrogen and oxygen atoms in total. The van der Waals surface area contributed by atoms with Gasteiger partial charge in [-0.3, -0.25) is 14.7 Å². The molecule has 0 N–H and O–H groups in total. The Morgan fingerprint density at radius 2 is 1.96 bits per heavy atom. The quantitative estimate of drug-likeness (QED) is 0.475. The third kappa shape index (κ3) is 3.51. The predicted molar refractivity (Wildman–Crippen MR) is 110 cm³/mol. The van der Waals surface area contributed by atoms with Gasteiger partial charge in [0.05, 0.1) is 22.5 Å². The van der Waals surface area contributed by atoms with Crippen molar-refractivity contribution in [1.82, 2.24) is 9.97 Å². The second-order valence-corrected chi connectivity index (χ2v) is 7.58. The van der Waals surface area contributed by atoms with E-state index in [2.05, 4.69) is 11.1 Å². The van der Waals surface area contributed by atoms with E-state index in [9.17, 15) is 9.18 Å². The van der Waals surface area contributed by atoms with Gasteiger partial charge in [0.1, 0.15) is 5.82 Å². The molecule has 0 aliphatic carbocycles. The second-order valence-electron chi connectivity index (χ2n) is 6.57. The molecule has 2 aromatic carbocycles. The van der Waals surface area contributed by atoms with E-state index in [1.54, 1.807) is 17.2 Å². The van der Waals surface area contributed by atoms with Crippen molar-refractivity contribution in [3.05, 3.63) is 89.0 Å². The van der Waals surface area contributed by atoms with Gasteiger partial charge in [0, 0.05) is 11.8 Å². The van der Waals surface area contributed by atoms with Crippen LogP contribution in [-0.4, -0.2) is 15.9 Å². The first kappa shape index (κ1) is 18.3. The molecule has 140 valence electrons. The molecule has 0 atom stereocenters. The lowest BCUT2D eigenvalue weighted by Crippen LogP contribution is -2.30. The van der Waals surface area contributed by atoms with Crippen LogP contribution in [-0.2, 0) is 6.54 Å². The number of nitrogens with zero attached hydrogens (tertiary/aromatic N) is 3. The number of carbonyl (C=O) groups excluding carboxylic acids is 1. The molecule has 6 heteroatoms. The Labute approximate surface area is 166 Å². The van der Waals surface area contributed by atoms with Crippen LogP contribution in [0.3, 0.4) is 0 Å². The Morgan fingerprint density at radius 1 is 1.11 bits per heavy atom. The Balaban J connectivity index is 1.80. The monoisotopic (exact) mass is 391 g/mol. The molecule has 0 unspecified atom stereocenters. The van der Waals surface area contributed by atoms with Crippen molar-refractivity contribution < 1.29 is 9.18 Å². The number of halogens is 1. The number of anilines is 1. The Hall–Kier alpha value is -3.12. The standard InChI is InChI=1S/C22H18FN3OS/c1-14-9-10-19-20(15(14)2)25-22(28-19)26(13-18-8-3-4-11-24-18)21(27)16-6-5-7-17(23)12-16/h3-12H,13H2,1-2H3. The lowest BCUT2D eigenvalue weighted by molar-refractivity contribution is 0.0984. The highest BCUT2D eigenvalue weighted by Crippen LogP contribution is 2.33. The summed E-state index contributed by atoms with van der Waals surface area (Å²) >= 11 is 1.45. The molecule has 28 heavy (non-hydrogen) atoms. The average molecular weight is 391 g/mol. The number of aromatic nitrogens is 2. The minimum absolute atomic E-state index is 0.258. The first-order valence-corrected chi connectivity index (χ1v) is 9.68. The van der Waals surface area contributed by atoms with Crippen molar-refractivity contribution in [2.24, 2.45) is 0 Å². The van der Waals surface area contributed by atoms with Crippen LogP contribution in [0.2, 0.25) is 0 Å². The van der Waals surface area contributed by atoms with E-state index >= 15 is 0 Å². The maximum absolute atomic E-state index is 13.7. The normalized spacial score (nSPS) is 11.0. The van der Waals surface area contributed by atoms with Crippen LogP contribution in [0.25, 0.3) is 10.2 Å². The van der Waals surface area contributed by atoms with Crippen LogP contribution >= 0.6 is 11.3 Å². The summed E-state index contributed by atoms with van der Waals surface area (Å²) in [6, 6.07) is 15.3. The van der Waals surface area contributed by atoms with Gasteiger partial charge < -0.3 is 0 Å². The van der Waals surface area contributed by atoms with Gasteiger partial charge in [0.15, 0.2) is 5.13 Å². The maximum atomic E-state index is 13.7. The Morgan fingerprint density at radius 3 is 2.71 bits per heavy atom. The maximum Gasteiger partial charge on any atom is 0.260 e. The van der Waals surface area contributed by atoms with E-state index in [-0.39, 0.29) is 18.0 Å². The SMILES string of the molecule is Cc1ccc2sc(N(Cc3ccccn3)C(=O)c3cccc(F)c3)nc2c1C. The van der Waals surface area contributed by atoms with Gasteiger partial charge in [-0.1, -0.05) is 29.5 Å². The van der Waals surface area contributed by atoms with Gasteiger partial charge in [-0.25, -0.2) is 9.37 Å². The molecule has 0 saturated carbocycles. The summed E-state index contributed by atoms with van der Waals surface area (Å²) in [6.45, 7) is 4.32. The highest BCUT2D eigenvalue weighted by molar-refractivity contribution is 7.22. The molecule has 2 heterocycles. The van der Waals surface area contributed by atoms with E-state index in [0.29, 0.717) is 5.13 Å². The fraction of sp³-hybridized carbons (Fsp3) is 0.136. The van der Waals surface area contributed by atoms with Crippen molar-refractivity contribution in [3.8, 4) is 0 Å². The number of benzene rings is 2. The zero-order valence-corrected chi connectivity index (χ0v) is 16.3. The van der Waals surface area contributed by atoms with Crippen molar-refractivity contribution in [1.29, 1.82) is 0 Å². The molecular weight excluding hydrogens is 373 g/mol. The van der Waals surface area contributed by atoms with Crippen LogP contribution < -0.4 is 4.90 Å². The summed E-state index contributed by atoms with van der Waals surface area (Å²) in [6.07, 6.45) is 1.69. The number of hydrogen-bond donors (Lipinski definition) is 0. The molecule has 0 aliphatic rings. The first-order chi connectivity index (χ1) is 13.5. The van der Waals surface area contributed by atoms with Crippen molar-refractivity contribution >= 4 is 32.6 Å². The second kappa shape index (κ2) is 7.48. The molecule has 0 bridgehead atoms. The molecule has 0 radical (unpaired) electrons. The number of carbonyl (C=O) groups is 1. The predicted octanol–water partition coefficient (Wildman–Crippen LogP) is 5.29. The average Bonchev–Trinajstić information content (AvgIpc) is 3.14. The van der Waals surface area contributed by atoms with Crippen LogP contribution in [0.5, 0.6) is 0 Å². The van der Waals surface area contributed by atoms with E-state index in [4.69, 9.17) is 4.98 Å². The van der Waals surface area contributed by atoms with Crippen LogP contribution in [0.4, 0.5) is 9.52 Å². The largest absolute Gasteiger partial charge is 0.278 e. The molecule has 0 fully saturated rings. The lowest BCUT2D eigenvalue weighted by atomic mass is 10.1. The highest BCUT2D eigenvalue weighted by atomic mass is 32.1. The van der Waals surface area contributed by atoms with Gasteiger partial charge in [-0.15, -0.1) is 0 Å². The van der Waals surface area contributed by atoms with Gasteiger partial charge in [-0.05, 0) is 61.4 Å². The molecule has 0 aliphatic heterocycles. The summed E-state index contributed by atoms with van der Waals surface area (Å²) in [5.74, 6) is -0.752. The summed E-state index contributed by atoms with van der Waals surface area (Å²) in [4.78, 5) is 23.9. The Bertz CT molecular complexity index is 1160. The molecular formula is C22H18FN3OS. The van der Waals surface area contributed by atoms with Gasteiger partial charge >= 0.3 is 0 Å². The first-order valence-electron chi connectivity index (χ1n) is 8.87. The number of aryl methyl sites for hydroxylation is 2. The molecule has 4 rings (SSSR count). The van der Waals surface area contributed by atoms with Crippen LogP contribution in [0.15, 0.2) is 60.8 Å². The summed E-state index contributed by atoms with van der Waals surface area (Å²) < 4.78 is 14.7. The summed E-state index contributed by atoms with van der Waals surface area (Å²) in [7, 11) is 0. The number of amides is 1. The highest BCUT2D eigenvalue weighted by Gasteiger charge is 2.23. The van der Waals surface area contributed by atoms with E-state index in [1.807, 2.05) is 38.1 Å². The molecule has 0 saturated heterocycles. The number of thiazole rings is 1. The smallest absolute Gasteiger partial charge is 0.260 e. The number of fused-ring (bicyclic) bond motifs is 1. The van der Waals surface area contributed by atoms with Crippen molar-refractivity contribution in [2.45, 2.75) is 20.4 Å². The molecule has 4 aromatic rings. The van der Waals surface area contributed by atoms with Crippen LogP contribution in [0, 0.1) is 19.7 Å². The van der Waals surface area contributed by atoms with E-state index in [1.165, 1.54) is 29.5 Å². The van der Waals surface area contributed by atoms with Crippen molar-refractivity contribution in [3.63, 3.8) is 0 Å². The van der Waals surface area contributed by atoms with E-state index in [0.717, 1.165) is 27.0 Å². The fourth-order valence-corrected chi connectivity index (χ4v) is 4.01. The third-order valence-corrected chi connectivity index (χ3v) is 5.71. The molecule has 0 spiro atoms. The van der Waals surface area contributed by atoms with E-state index < -0.39 is 5.82 Å². The number of hydrogen-bond acceptors (Lipinski definition) is 4. The number of pyridine rings is 1. The summed E-state index contributed by atoms with van der Waals surface area (Å²) in [5, 5.41) is 0.573. The topological polar surface area (TPSA) is 46.1 Å². The zero-order valence-electron chi connectivity index (χ0n) is 15.5. The lowest BCUT2D eigenvalue weighted by Gasteiger charge is -2.19. The molecule has 2 aromatic heterocycles. The van der Waals surface area contributed by atoms with Gasteiger partial charge in [-0.2, -0.15) is 0 Å². The zero-order chi connectivity index (χ0) is 19.7.